The Balaban J connectivity index is 1.43. The molecular weight excluding hydrogens is 624 g/mol. The van der Waals surface area contributed by atoms with Gasteiger partial charge >= 0.3 is 11.9 Å². The van der Waals surface area contributed by atoms with Gasteiger partial charge in [0, 0.05) is 33.7 Å². The third-order valence-electron chi connectivity index (χ3n) is 6.15. The Kier molecular flexibility index (Phi) is 11.1. The van der Waals surface area contributed by atoms with Crippen LogP contribution in [-0.4, -0.2) is 46.3 Å². The van der Waals surface area contributed by atoms with E-state index in [0.717, 1.165) is 16.3 Å². The van der Waals surface area contributed by atoms with Crippen LogP contribution in [0.1, 0.15) is 29.7 Å². The number of thioether (sulfide) groups is 1. The smallest absolute Gasteiger partial charge is 0.320 e. The lowest BCUT2D eigenvalue weighted by Crippen LogP contribution is -2.30. The van der Waals surface area contributed by atoms with Crippen molar-refractivity contribution in [1.82, 2.24) is 9.97 Å². The molecule has 0 fully saturated rings. The van der Waals surface area contributed by atoms with Gasteiger partial charge in [0.15, 0.2) is 0 Å². The summed E-state index contributed by atoms with van der Waals surface area (Å²) in [7, 11) is 0. The molecule has 44 heavy (non-hydrogen) atoms. The third kappa shape index (κ3) is 8.24. The number of ether oxygens (including phenoxy) is 2. The van der Waals surface area contributed by atoms with Crippen molar-refractivity contribution >= 4 is 52.5 Å². The highest BCUT2D eigenvalue weighted by Gasteiger charge is 2.21. The molecule has 5 N–H and O–H groups in total. The second kappa shape index (κ2) is 15.2. The number of hydrogen-bond donors (Lipinski definition) is 3. The number of esters is 1. The summed E-state index contributed by atoms with van der Waals surface area (Å²) in [5.41, 5.74) is 14.5. The van der Waals surface area contributed by atoms with E-state index in [0.29, 0.717) is 32.7 Å². The number of hydrogen-bond acceptors (Lipinski definition) is 12. The summed E-state index contributed by atoms with van der Waals surface area (Å²) in [6, 6.07) is 17.2. The number of nitriles is 2. The first-order valence-corrected chi connectivity index (χ1v) is 15.3. The lowest BCUT2D eigenvalue weighted by Gasteiger charge is -2.13. The number of aromatic nitrogens is 2. The number of anilines is 1. The van der Waals surface area contributed by atoms with E-state index < -0.39 is 18.0 Å². The quantitative estimate of drug-likeness (QED) is 0.0967. The Morgan fingerprint density at radius 2 is 1.70 bits per heavy atom. The van der Waals surface area contributed by atoms with Gasteiger partial charge in [0.05, 0.1) is 11.3 Å². The van der Waals surface area contributed by atoms with Crippen LogP contribution in [0, 0.1) is 22.7 Å². The van der Waals surface area contributed by atoms with E-state index >= 15 is 0 Å². The number of carboxylic acid groups (broad SMARTS) is 1. The van der Waals surface area contributed by atoms with Gasteiger partial charge < -0.3 is 26.0 Å². The fourth-order valence-corrected chi connectivity index (χ4v) is 5.88. The van der Waals surface area contributed by atoms with Crippen molar-refractivity contribution in [2.45, 2.75) is 29.7 Å². The summed E-state index contributed by atoms with van der Waals surface area (Å²) < 4.78 is 10.7. The fourth-order valence-electron chi connectivity index (χ4n) is 3.93. The number of thiazole rings is 1. The maximum absolute atomic E-state index is 11.8. The number of aliphatic carboxylic acids is 1. The van der Waals surface area contributed by atoms with E-state index in [4.69, 9.17) is 37.6 Å². The Labute approximate surface area is 266 Å². The van der Waals surface area contributed by atoms with Crippen molar-refractivity contribution in [2.75, 3.05) is 18.9 Å². The number of halogens is 1. The first-order valence-electron chi connectivity index (χ1n) is 13.0. The number of carbonyl (C=O) groups is 2. The number of nitrogens with two attached hydrogens (primary N) is 2. The molecule has 0 aliphatic heterocycles. The van der Waals surface area contributed by atoms with E-state index in [1.54, 1.807) is 36.4 Å². The SMILES string of the molecule is N#Cc1c(N)nc(SCc2csc(-c3ccc(Cl)cc3)n2)c(C#N)c1-c1ccc(OCCOC(=O)CC[C@H](N)C(=O)O)cc1. The zero-order chi connectivity index (χ0) is 31.6. The van der Waals surface area contributed by atoms with E-state index in [-0.39, 0.29) is 43.0 Å². The van der Waals surface area contributed by atoms with Gasteiger partial charge in [-0.05, 0) is 36.2 Å². The first kappa shape index (κ1) is 32.3. The Morgan fingerprint density at radius 1 is 1.02 bits per heavy atom. The predicted octanol–water partition coefficient (Wildman–Crippen LogP) is 5.26. The molecule has 0 radical (unpaired) electrons. The third-order valence-corrected chi connectivity index (χ3v) is 8.35. The monoisotopic (exact) mass is 648 g/mol. The number of benzene rings is 2. The van der Waals surface area contributed by atoms with Crippen molar-refractivity contribution in [1.29, 1.82) is 10.5 Å². The number of pyridine rings is 1. The van der Waals surface area contributed by atoms with Gasteiger partial charge in [-0.15, -0.1) is 11.3 Å². The predicted molar refractivity (Wildman–Crippen MR) is 167 cm³/mol. The Hall–Kier alpha value is -4.66. The summed E-state index contributed by atoms with van der Waals surface area (Å²) >= 11 is 8.78. The molecule has 224 valence electrons. The van der Waals surface area contributed by atoms with Crippen molar-refractivity contribution in [2.24, 2.45) is 5.73 Å². The minimum Gasteiger partial charge on any atom is -0.490 e. The van der Waals surface area contributed by atoms with Crippen LogP contribution >= 0.6 is 34.7 Å². The van der Waals surface area contributed by atoms with E-state index in [1.807, 2.05) is 17.5 Å². The van der Waals surface area contributed by atoms with Crippen LogP contribution in [-0.2, 0) is 20.1 Å². The van der Waals surface area contributed by atoms with Gasteiger partial charge in [0.2, 0.25) is 0 Å². The van der Waals surface area contributed by atoms with Crippen molar-refractivity contribution in [3.63, 3.8) is 0 Å². The maximum Gasteiger partial charge on any atom is 0.320 e. The molecule has 0 spiro atoms. The highest BCUT2D eigenvalue weighted by Crippen LogP contribution is 2.37. The topological polar surface area (TPSA) is 198 Å². The normalized spacial score (nSPS) is 11.3. The summed E-state index contributed by atoms with van der Waals surface area (Å²) in [6.45, 7) is 0.0179. The molecule has 4 rings (SSSR count). The molecule has 0 amide bonds. The van der Waals surface area contributed by atoms with Gasteiger partial charge in [-0.2, -0.15) is 10.5 Å². The van der Waals surface area contributed by atoms with Crippen molar-refractivity contribution < 1.29 is 24.2 Å². The zero-order valence-electron chi connectivity index (χ0n) is 23.0. The molecule has 1 atom stereocenters. The number of carboxylic acids is 1. The highest BCUT2D eigenvalue weighted by molar-refractivity contribution is 7.98. The van der Waals surface area contributed by atoms with Crippen LogP contribution in [0.15, 0.2) is 58.9 Å². The molecule has 0 bridgehead atoms. The molecule has 2 aromatic heterocycles. The zero-order valence-corrected chi connectivity index (χ0v) is 25.4. The van der Waals surface area contributed by atoms with Crippen LogP contribution in [0.25, 0.3) is 21.7 Å². The number of nitrogens with zero attached hydrogens (tertiary/aromatic N) is 4. The molecule has 0 aliphatic rings. The van der Waals surface area contributed by atoms with Crippen LogP contribution in [0.4, 0.5) is 5.82 Å². The maximum atomic E-state index is 11.8. The molecule has 0 saturated heterocycles. The summed E-state index contributed by atoms with van der Waals surface area (Å²) in [5, 5.41) is 32.5. The Morgan fingerprint density at radius 3 is 2.36 bits per heavy atom. The molecular formula is C30H25ClN6O5S2. The van der Waals surface area contributed by atoms with Crippen LogP contribution in [0.2, 0.25) is 5.02 Å². The Bertz CT molecular complexity index is 1730. The number of nitrogen functional groups attached to an aromatic ring is 1. The number of rotatable bonds is 13. The molecule has 0 aliphatic carbocycles. The van der Waals surface area contributed by atoms with Crippen LogP contribution in [0.5, 0.6) is 5.75 Å². The average molecular weight is 649 g/mol. The minimum absolute atomic E-state index is 0.00980. The van der Waals surface area contributed by atoms with Crippen molar-refractivity contribution in [3.8, 4) is 39.6 Å². The first-order chi connectivity index (χ1) is 21.2. The minimum atomic E-state index is -1.18. The van der Waals surface area contributed by atoms with Gasteiger partial charge in [-0.1, -0.05) is 47.6 Å². The van der Waals surface area contributed by atoms with Crippen LogP contribution < -0.4 is 16.2 Å². The second-order valence-corrected chi connectivity index (χ2v) is 11.4. The lowest BCUT2D eigenvalue weighted by atomic mass is 9.97. The lowest BCUT2D eigenvalue weighted by molar-refractivity contribution is -0.145. The average Bonchev–Trinajstić information content (AvgIpc) is 3.50. The standard InChI is InChI=1S/C30H25ClN6O5S2/c31-19-5-1-18(2-6-19)28-36-20(15-43-28)16-44-29-23(14-33)26(22(13-32)27(35)37-29)17-3-7-21(8-4-17)41-11-12-42-25(38)10-9-24(34)30(39)40/h1-8,15,24H,9-12,16,34H2,(H2,35,37)(H,39,40)/t24-/m0/s1. The van der Waals surface area contributed by atoms with Crippen molar-refractivity contribution in [3.05, 3.63) is 75.8 Å². The van der Waals surface area contributed by atoms with Gasteiger partial charge in [-0.25, -0.2) is 9.97 Å². The largest absolute Gasteiger partial charge is 0.490 e. The fraction of sp³-hybridized carbons (Fsp3) is 0.200. The van der Waals surface area contributed by atoms with Gasteiger partial charge in [0.25, 0.3) is 0 Å². The van der Waals surface area contributed by atoms with E-state index in [1.165, 1.54) is 23.1 Å². The van der Waals surface area contributed by atoms with Crippen LogP contribution in [0.3, 0.4) is 0 Å². The highest BCUT2D eigenvalue weighted by atomic mass is 35.5. The molecule has 2 heterocycles. The van der Waals surface area contributed by atoms with E-state index in [2.05, 4.69) is 22.1 Å². The summed E-state index contributed by atoms with van der Waals surface area (Å²) in [5.74, 6) is -0.852. The van der Waals surface area contributed by atoms with E-state index in [9.17, 15) is 20.1 Å². The summed E-state index contributed by atoms with van der Waals surface area (Å²) in [6.07, 6.45) is -0.143. The van der Waals surface area contributed by atoms with Gasteiger partial charge in [0.1, 0.15) is 58.6 Å². The number of carbonyl (C=O) groups excluding carboxylic acids is 1. The second-order valence-electron chi connectivity index (χ2n) is 9.17. The summed E-state index contributed by atoms with van der Waals surface area (Å²) in [4.78, 5) is 31.5. The van der Waals surface area contributed by atoms with Gasteiger partial charge in [-0.3, -0.25) is 9.59 Å². The molecule has 14 heteroatoms. The molecule has 11 nitrogen and oxygen atoms in total. The molecule has 4 aromatic rings. The molecule has 2 aromatic carbocycles. The molecule has 0 saturated carbocycles. The molecule has 0 unspecified atom stereocenters.